The molecule has 0 radical (unpaired) electrons. The molecular weight excluding hydrogens is 468 g/mol. The lowest BCUT2D eigenvalue weighted by Gasteiger charge is -2.27. The Labute approximate surface area is 206 Å². The van der Waals surface area contributed by atoms with E-state index in [1.807, 2.05) is 6.92 Å². The Hall–Kier alpha value is -2.83. The minimum absolute atomic E-state index is 0.116. The van der Waals surface area contributed by atoms with Gasteiger partial charge in [-0.05, 0) is 86.1 Å². The van der Waals surface area contributed by atoms with E-state index < -0.39 is 10.0 Å². The minimum atomic E-state index is -3.99. The van der Waals surface area contributed by atoms with E-state index in [0.29, 0.717) is 16.3 Å². The zero-order valence-electron chi connectivity index (χ0n) is 19.4. The maximum atomic E-state index is 13.6. The zero-order valence-corrected chi connectivity index (χ0v) is 21.0. The third-order valence-corrected chi connectivity index (χ3v) is 8.56. The van der Waals surface area contributed by atoms with Gasteiger partial charge in [0.05, 0.1) is 16.6 Å². The van der Waals surface area contributed by atoms with E-state index >= 15 is 0 Å². The fourth-order valence-electron chi connectivity index (χ4n) is 4.41. The average Bonchev–Trinajstić information content (AvgIpc) is 2.84. The Morgan fingerprint density at radius 3 is 2.44 bits per heavy atom. The SMILES string of the molecule is Cc1c(Cl)cccc1N(CC(=O)NC(C)c1ccc2c(c1)CCCC2)S(=O)(=O)c1ccccc1. The normalized spacial score (nSPS) is 14.2. The summed E-state index contributed by atoms with van der Waals surface area (Å²) in [4.78, 5) is 13.2. The van der Waals surface area contributed by atoms with Crippen LogP contribution in [0.1, 0.15) is 48.1 Å². The van der Waals surface area contributed by atoms with Crippen LogP contribution < -0.4 is 9.62 Å². The van der Waals surface area contributed by atoms with Gasteiger partial charge in [0.1, 0.15) is 6.54 Å². The number of hydrogen-bond acceptors (Lipinski definition) is 3. The van der Waals surface area contributed by atoms with Crippen molar-refractivity contribution in [3.63, 3.8) is 0 Å². The zero-order chi connectivity index (χ0) is 24.3. The highest BCUT2D eigenvalue weighted by Gasteiger charge is 2.29. The monoisotopic (exact) mass is 496 g/mol. The van der Waals surface area contributed by atoms with Crippen molar-refractivity contribution in [2.45, 2.75) is 50.5 Å². The van der Waals surface area contributed by atoms with Crippen molar-refractivity contribution in [3.05, 3.63) is 94.0 Å². The second kappa shape index (κ2) is 10.2. The van der Waals surface area contributed by atoms with Crippen LogP contribution in [0, 0.1) is 6.92 Å². The summed E-state index contributed by atoms with van der Waals surface area (Å²) < 4.78 is 28.2. The first-order valence-corrected chi connectivity index (χ1v) is 13.3. The summed E-state index contributed by atoms with van der Waals surface area (Å²) in [6.07, 6.45) is 4.55. The van der Waals surface area contributed by atoms with Crippen molar-refractivity contribution < 1.29 is 13.2 Å². The molecule has 3 aromatic rings. The smallest absolute Gasteiger partial charge is 0.264 e. The van der Waals surface area contributed by atoms with E-state index in [9.17, 15) is 13.2 Å². The molecule has 1 N–H and O–H groups in total. The minimum Gasteiger partial charge on any atom is -0.348 e. The molecule has 34 heavy (non-hydrogen) atoms. The number of aryl methyl sites for hydroxylation is 2. The van der Waals surface area contributed by atoms with Crippen LogP contribution in [0.15, 0.2) is 71.6 Å². The summed E-state index contributed by atoms with van der Waals surface area (Å²) >= 11 is 6.29. The number of nitrogens with one attached hydrogen (secondary N) is 1. The molecule has 0 saturated heterocycles. The second-order valence-corrected chi connectivity index (χ2v) is 11.0. The van der Waals surface area contributed by atoms with E-state index in [-0.39, 0.29) is 23.4 Å². The van der Waals surface area contributed by atoms with E-state index in [1.54, 1.807) is 43.3 Å². The van der Waals surface area contributed by atoms with E-state index in [4.69, 9.17) is 11.6 Å². The summed E-state index contributed by atoms with van der Waals surface area (Å²) in [7, 11) is -3.99. The molecule has 1 atom stereocenters. The average molecular weight is 497 g/mol. The van der Waals surface area contributed by atoms with E-state index in [0.717, 1.165) is 22.7 Å². The predicted octanol–water partition coefficient (Wildman–Crippen LogP) is 5.60. The lowest BCUT2D eigenvalue weighted by molar-refractivity contribution is -0.120. The number of rotatable bonds is 7. The highest BCUT2D eigenvalue weighted by molar-refractivity contribution is 7.92. The van der Waals surface area contributed by atoms with Crippen LogP contribution in [0.5, 0.6) is 0 Å². The van der Waals surface area contributed by atoms with Crippen molar-refractivity contribution in [3.8, 4) is 0 Å². The molecule has 1 unspecified atom stereocenters. The van der Waals surface area contributed by atoms with Crippen molar-refractivity contribution in [2.24, 2.45) is 0 Å². The maximum absolute atomic E-state index is 13.6. The molecule has 5 nitrogen and oxygen atoms in total. The molecule has 3 aromatic carbocycles. The molecule has 0 aromatic heterocycles. The van der Waals surface area contributed by atoms with Gasteiger partial charge in [-0.3, -0.25) is 9.10 Å². The maximum Gasteiger partial charge on any atom is 0.264 e. The molecule has 4 rings (SSSR count). The number of sulfonamides is 1. The first kappa shape index (κ1) is 24.3. The number of anilines is 1. The topological polar surface area (TPSA) is 66.5 Å². The van der Waals surface area contributed by atoms with Gasteiger partial charge in [-0.25, -0.2) is 8.42 Å². The number of fused-ring (bicyclic) bond motifs is 1. The van der Waals surface area contributed by atoms with Gasteiger partial charge in [0.25, 0.3) is 10.0 Å². The number of carbonyl (C=O) groups excluding carboxylic acids is 1. The summed E-state index contributed by atoms with van der Waals surface area (Å²) in [6.45, 7) is 3.32. The quantitative estimate of drug-likeness (QED) is 0.463. The summed E-state index contributed by atoms with van der Waals surface area (Å²) in [5.41, 5.74) is 4.72. The third kappa shape index (κ3) is 5.13. The van der Waals surface area contributed by atoms with Crippen LogP contribution in [0.4, 0.5) is 5.69 Å². The standard InChI is InChI=1S/C27H29ClN2O3S/c1-19-25(28)13-8-14-26(19)30(34(32,33)24-11-4-3-5-12-24)18-27(31)29-20(2)22-16-15-21-9-6-7-10-23(21)17-22/h3-5,8,11-17,20H,6-7,9-10,18H2,1-2H3,(H,29,31). The predicted molar refractivity (Wildman–Crippen MR) is 137 cm³/mol. The molecule has 7 heteroatoms. The van der Waals surface area contributed by atoms with Crippen molar-refractivity contribution in [2.75, 3.05) is 10.8 Å². The molecule has 0 spiro atoms. The molecule has 0 saturated carbocycles. The Bertz CT molecular complexity index is 1290. The molecule has 0 heterocycles. The van der Waals surface area contributed by atoms with Gasteiger partial charge < -0.3 is 5.32 Å². The Kier molecular flexibility index (Phi) is 7.29. The van der Waals surface area contributed by atoms with Crippen molar-refractivity contribution >= 4 is 33.2 Å². The Morgan fingerprint density at radius 2 is 1.71 bits per heavy atom. The summed E-state index contributed by atoms with van der Waals surface area (Å²) in [5, 5.41) is 3.42. The van der Waals surface area contributed by atoms with Gasteiger partial charge >= 0.3 is 0 Å². The van der Waals surface area contributed by atoms with Crippen LogP contribution in [0.3, 0.4) is 0 Å². The van der Waals surface area contributed by atoms with Crippen LogP contribution in [0.25, 0.3) is 0 Å². The lowest BCUT2D eigenvalue weighted by atomic mass is 9.89. The molecule has 1 amide bonds. The Balaban J connectivity index is 1.60. The second-order valence-electron chi connectivity index (χ2n) is 8.73. The number of benzene rings is 3. The molecule has 0 aliphatic heterocycles. The van der Waals surface area contributed by atoms with Gasteiger partial charge in [0.2, 0.25) is 5.91 Å². The van der Waals surface area contributed by atoms with Crippen LogP contribution in [0.2, 0.25) is 5.02 Å². The summed E-state index contributed by atoms with van der Waals surface area (Å²) in [6, 6.07) is 19.3. The molecule has 1 aliphatic carbocycles. The number of amides is 1. The summed E-state index contributed by atoms with van der Waals surface area (Å²) in [5.74, 6) is -0.385. The van der Waals surface area contributed by atoms with Gasteiger partial charge in [0.15, 0.2) is 0 Å². The number of nitrogens with zero attached hydrogens (tertiary/aromatic N) is 1. The van der Waals surface area contributed by atoms with Crippen LogP contribution >= 0.6 is 11.6 Å². The molecule has 1 aliphatic rings. The molecule has 0 fully saturated rings. The molecule has 0 bridgehead atoms. The van der Waals surface area contributed by atoms with Gasteiger partial charge in [-0.1, -0.05) is 54.1 Å². The van der Waals surface area contributed by atoms with Gasteiger partial charge in [-0.15, -0.1) is 0 Å². The number of carbonyl (C=O) groups is 1. The number of halogens is 1. The number of hydrogen-bond donors (Lipinski definition) is 1. The van der Waals surface area contributed by atoms with Crippen molar-refractivity contribution in [1.82, 2.24) is 5.32 Å². The molecule has 178 valence electrons. The van der Waals surface area contributed by atoms with Crippen molar-refractivity contribution in [1.29, 1.82) is 0 Å². The largest absolute Gasteiger partial charge is 0.348 e. The lowest BCUT2D eigenvalue weighted by Crippen LogP contribution is -2.42. The highest BCUT2D eigenvalue weighted by Crippen LogP contribution is 2.31. The highest BCUT2D eigenvalue weighted by atomic mass is 35.5. The first-order valence-electron chi connectivity index (χ1n) is 11.5. The Morgan fingerprint density at radius 1 is 1.00 bits per heavy atom. The molecular formula is C27H29ClN2O3S. The van der Waals surface area contributed by atoms with Crippen LogP contribution in [-0.4, -0.2) is 20.9 Å². The van der Waals surface area contributed by atoms with Crippen LogP contribution in [-0.2, 0) is 27.7 Å². The van der Waals surface area contributed by atoms with E-state index in [2.05, 4.69) is 23.5 Å². The van der Waals surface area contributed by atoms with Gasteiger partial charge in [-0.2, -0.15) is 0 Å². The third-order valence-electron chi connectivity index (χ3n) is 6.38. The fraction of sp³-hybridized carbons (Fsp3) is 0.296. The van der Waals surface area contributed by atoms with Gasteiger partial charge in [0, 0.05) is 5.02 Å². The first-order chi connectivity index (χ1) is 16.3. The fourth-order valence-corrected chi connectivity index (χ4v) is 6.08. The van der Waals surface area contributed by atoms with E-state index in [1.165, 1.54) is 36.1 Å².